The van der Waals surface area contributed by atoms with Gasteiger partial charge in [0.15, 0.2) is 73.6 Å². The number of hydrogen-bond donors (Lipinski definition) is 3. The van der Waals surface area contributed by atoms with Crippen molar-refractivity contribution in [2.75, 3.05) is 99.5 Å². The zero-order valence-electron chi connectivity index (χ0n) is 38.2. The number of hydrogen-bond acceptors (Lipinski definition) is 24. The highest BCUT2D eigenvalue weighted by Gasteiger charge is 2.65. The van der Waals surface area contributed by atoms with Crippen molar-refractivity contribution in [3.05, 3.63) is 34.8 Å². The monoisotopic (exact) mass is 1090 g/mol. The van der Waals surface area contributed by atoms with Crippen molar-refractivity contribution in [2.45, 2.75) is 78.5 Å². The molecule has 0 aromatic carbocycles. The van der Waals surface area contributed by atoms with Gasteiger partial charge in [-0.3, -0.25) is 13.7 Å². The van der Waals surface area contributed by atoms with E-state index in [0.717, 1.165) is 0 Å². The minimum Gasteiger partial charge on any atom is -0.382 e. The minimum absolute atomic E-state index is 0.214. The van der Waals surface area contributed by atoms with E-state index in [1.165, 1.54) is 19.0 Å². The topological polar surface area (TPSA) is 320 Å². The molecule has 6 N–H and O–H groups in total. The van der Waals surface area contributed by atoms with E-state index in [-0.39, 0.29) is 36.6 Å². The molecule has 0 amide bonds. The molecular formula is C40H51Br2N15O12. The van der Waals surface area contributed by atoms with Gasteiger partial charge in [0, 0.05) is 49.1 Å². The van der Waals surface area contributed by atoms with E-state index in [1.54, 1.807) is 58.1 Å². The van der Waals surface area contributed by atoms with E-state index in [1.807, 2.05) is 4.57 Å². The van der Waals surface area contributed by atoms with Crippen LogP contribution in [-0.4, -0.2) is 194 Å². The number of rotatable bonds is 12. The van der Waals surface area contributed by atoms with Crippen LogP contribution in [-0.2, 0) is 56.8 Å². The standard InChI is InChI=1S/C14H18BrN5O4.C13H16BrN5O4.C13H17N5O4/c1-21-5-14-3-4-23-8(9(14)22-2)12(24-14)20-11-7(19-13(20)15)10(16)17-6-18-11;1-20-3-13-4-22-7(8(13)21-2)11(23-13)19-10-6(18-12(19)14)9(15)16-5-17-10;1-19-3-13-4-21-8(9(13)20-2)12(22-13)18-6-17-7-10(14)15-5-16-11(7)18/h6,8-9,12H,3-5H2,1-2H3,(H2,16,17,18);5,7-8,11H,3-4H2,1-2H3,(H2,15,16,17);5-6,8-9,12H,3-4H2,1-2H3,(H2,14,15,16)/t8-,9?,12+,14+;7-,8?,11+,13-;8-,9?,12+,13-/m000/s1. The third-order valence-corrected chi connectivity index (χ3v) is 14.4. The fourth-order valence-corrected chi connectivity index (χ4v) is 11.6. The maximum atomic E-state index is 6.41. The number of halogens is 2. The summed E-state index contributed by atoms with van der Waals surface area (Å²) in [6.45, 7) is 2.61. The SMILES string of the molecule is COC[C@]12CCO[C@@H](C1OC)[C@H](n1c(Br)nc3c(N)ncnc31)O2.COC[C@]12CO[C@@H](C1OC)[C@H](n1c(Br)nc3c(N)ncnc31)O2.COC[C@]12CO[C@@H](C1OC)[C@H](n1cnc3c(N)ncnc31)O2. The number of imidazole rings is 3. The second-order valence-electron chi connectivity index (χ2n) is 17.1. The van der Waals surface area contributed by atoms with E-state index in [4.69, 9.17) is 74.0 Å². The molecule has 6 aliphatic rings. The lowest BCUT2D eigenvalue weighted by atomic mass is 9.90. The summed E-state index contributed by atoms with van der Waals surface area (Å²) >= 11 is 6.91. The van der Waals surface area contributed by atoms with Crippen LogP contribution in [0.3, 0.4) is 0 Å². The third-order valence-electron chi connectivity index (χ3n) is 13.3. The van der Waals surface area contributed by atoms with Gasteiger partial charge in [0.1, 0.15) is 77.9 Å². The first-order valence-corrected chi connectivity index (χ1v) is 23.2. The van der Waals surface area contributed by atoms with Gasteiger partial charge in [0.05, 0.1) is 46.0 Å². The molecule has 69 heavy (non-hydrogen) atoms. The van der Waals surface area contributed by atoms with Crippen molar-refractivity contribution in [1.29, 1.82) is 0 Å². The summed E-state index contributed by atoms with van der Waals surface area (Å²) in [6, 6.07) is 0. The Hall–Kier alpha value is -4.47. The highest BCUT2D eigenvalue weighted by molar-refractivity contribution is 9.10. The molecule has 29 heteroatoms. The normalized spacial score (nSPS) is 33.1. The van der Waals surface area contributed by atoms with Crippen molar-refractivity contribution in [3.63, 3.8) is 0 Å². The highest BCUT2D eigenvalue weighted by Crippen LogP contribution is 2.50. The van der Waals surface area contributed by atoms with Gasteiger partial charge in [0.25, 0.3) is 0 Å². The van der Waals surface area contributed by atoms with Crippen LogP contribution in [0, 0.1) is 0 Å². The van der Waals surface area contributed by atoms with Crippen molar-refractivity contribution >= 4 is 82.8 Å². The van der Waals surface area contributed by atoms with Crippen molar-refractivity contribution in [1.82, 2.24) is 58.6 Å². The number of anilines is 3. The molecule has 6 aromatic heterocycles. The van der Waals surface area contributed by atoms with Gasteiger partial charge in [-0.2, -0.15) is 0 Å². The van der Waals surface area contributed by atoms with Crippen LogP contribution in [0.1, 0.15) is 25.1 Å². The summed E-state index contributed by atoms with van der Waals surface area (Å²) in [4.78, 5) is 37.8. The van der Waals surface area contributed by atoms with Crippen molar-refractivity contribution in [2.24, 2.45) is 0 Å². The molecule has 0 radical (unpaired) electrons. The summed E-state index contributed by atoms with van der Waals surface area (Å²) in [7, 11) is 9.86. The van der Waals surface area contributed by atoms with Gasteiger partial charge in [-0.15, -0.1) is 0 Å². The van der Waals surface area contributed by atoms with Crippen LogP contribution in [0.25, 0.3) is 33.5 Å². The molecule has 27 nitrogen and oxygen atoms in total. The average molecular weight is 1090 g/mol. The first kappa shape index (κ1) is 48.2. The molecule has 12 heterocycles. The summed E-state index contributed by atoms with van der Waals surface area (Å²) in [5, 5.41) is 0. The molecule has 0 spiro atoms. The molecular weight excluding hydrogens is 1040 g/mol. The Bertz CT molecular complexity index is 2820. The molecule has 6 aromatic rings. The molecule has 0 saturated carbocycles. The zero-order valence-corrected chi connectivity index (χ0v) is 41.4. The molecule has 6 aliphatic heterocycles. The Morgan fingerprint density at radius 1 is 0.551 bits per heavy atom. The van der Waals surface area contributed by atoms with Crippen LogP contribution in [0.2, 0.25) is 0 Å². The van der Waals surface area contributed by atoms with Gasteiger partial charge in [-0.1, -0.05) is 0 Å². The smallest absolute Gasteiger partial charge is 0.181 e. The summed E-state index contributed by atoms with van der Waals surface area (Å²) < 4.78 is 76.1. The second kappa shape index (κ2) is 18.9. The maximum absolute atomic E-state index is 6.41. The molecule has 12 atom stereocenters. The number of nitrogens with two attached hydrogens (primary N) is 3. The largest absolute Gasteiger partial charge is 0.382 e. The quantitative estimate of drug-likeness (QED) is 0.145. The van der Waals surface area contributed by atoms with Crippen LogP contribution in [0.15, 0.2) is 34.8 Å². The molecule has 12 rings (SSSR count). The number of fused-ring (bicyclic) bond motifs is 9. The molecule has 3 unspecified atom stereocenters. The van der Waals surface area contributed by atoms with Gasteiger partial charge in [-0.05, 0) is 31.9 Å². The second-order valence-corrected chi connectivity index (χ2v) is 18.5. The Balaban J connectivity index is 0.000000120. The predicted molar refractivity (Wildman–Crippen MR) is 245 cm³/mol. The van der Waals surface area contributed by atoms with E-state index >= 15 is 0 Å². The van der Waals surface area contributed by atoms with Crippen LogP contribution < -0.4 is 17.2 Å². The summed E-state index contributed by atoms with van der Waals surface area (Å²) in [5.41, 5.74) is 19.1. The number of methoxy groups -OCH3 is 6. The lowest BCUT2D eigenvalue weighted by Crippen LogP contribution is -2.52. The number of ether oxygens (including phenoxy) is 12. The molecule has 6 bridgehead atoms. The van der Waals surface area contributed by atoms with E-state index in [0.29, 0.717) is 106 Å². The highest BCUT2D eigenvalue weighted by atomic mass is 79.9. The van der Waals surface area contributed by atoms with E-state index in [9.17, 15) is 0 Å². The maximum Gasteiger partial charge on any atom is 0.181 e. The average Bonchev–Trinajstić information content (AvgIpc) is 4.22. The van der Waals surface area contributed by atoms with Crippen LogP contribution >= 0.6 is 31.9 Å². The number of nitrogen functional groups attached to an aromatic ring is 3. The lowest BCUT2D eigenvalue weighted by molar-refractivity contribution is -0.190. The van der Waals surface area contributed by atoms with Crippen molar-refractivity contribution in [3.8, 4) is 0 Å². The Morgan fingerprint density at radius 3 is 1.48 bits per heavy atom. The fourth-order valence-electron chi connectivity index (χ4n) is 10.5. The van der Waals surface area contributed by atoms with Gasteiger partial charge in [0.2, 0.25) is 0 Å². The number of aromatic nitrogens is 12. The third kappa shape index (κ3) is 7.72. The van der Waals surface area contributed by atoms with Gasteiger partial charge >= 0.3 is 0 Å². The molecule has 6 saturated heterocycles. The molecule has 6 fully saturated rings. The van der Waals surface area contributed by atoms with Crippen molar-refractivity contribution < 1.29 is 56.8 Å². The van der Waals surface area contributed by atoms with Gasteiger partial charge in [-0.25, -0.2) is 44.9 Å². The Kier molecular flexibility index (Phi) is 13.2. The fraction of sp³-hybridized carbons (Fsp3) is 0.625. The zero-order chi connectivity index (χ0) is 48.4. The van der Waals surface area contributed by atoms with E-state index in [2.05, 4.69) is 76.7 Å². The lowest BCUT2D eigenvalue weighted by Gasteiger charge is -2.37. The van der Waals surface area contributed by atoms with Crippen LogP contribution in [0.4, 0.5) is 17.5 Å². The predicted octanol–water partition coefficient (Wildman–Crippen LogP) is 1.12. The summed E-state index contributed by atoms with van der Waals surface area (Å²) in [5.74, 6) is 0.965. The molecule has 372 valence electrons. The first-order valence-electron chi connectivity index (χ1n) is 21.6. The van der Waals surface area contributed by atoms with E-state index < -0.39 is 35.5 Å². The minimum atomic E-state index is -0.645. The van der Waals surface area contributed by atoms with Gasteiger partial charge < -0.3 is 74.0 Å². The summed E-state index contributed by atoms with van der Waals surface area (Å²) in [6.07, 6.45) is 3.68. The Morgan fingerprint density at radius 2 is 0.971 bits per heavy atom. The Labute approximate surface area is 409 Å². The number of nitrogens with zero attached hydrogens (tertiary/aromatic N) is 12. The first-order chi connectivity index (χ1) is 33.4. The molecule has 0 aliphatic carbocycles. The van der Waals surface area contributed by atoms with Crippen LogP contribution in [0.5, 0.6) is 0 Å².